The Morgan fingerprint density at radius 1 is 1.29 bits per heavy atom. The SMILES string of the molecule is CCCNCc1cnccc1N(C)Cc1cccc(Cl)c1. The van der Waals surface area contributed by atoms with Crippen molar-refractivity contribution in [2.45, 2.75) is 26.4 Å². The molecule has 0 atom stereocenters. The summed E-state index contributed by atoms with van der Waals surface area (Å²) in [5.41, 5.74) is 3.62. The number of anilines is 1. The molecule has 2 rings (SSSR count). The number of halogens is 1. The minimum absolute atomic E-state index is 0.778. The van der Waals surface area contributed by atoms with Crippen molar-refractivity contribution < 1.29 is 0 Å². The van der Waals surface area contributed by atoms with Crippen LogP contribution in [0.15, 0.2) is 42.7 Å². The highest BCUT2D eigenvalue weighted by Crippen LogP contribution is 2.21. The fourth-order valence-corrected chi connectivity index (χ4v) is 2.54. The van der Waals surface area contributed by atoms with E-state index >= 15 is 0 Å². The van der Waals surface area contributed by atoms with E-state index in [4.69, 9.17) is 11.6 Å². The molecule has 1 aromatic carbocycles. The first kappa shape index (κ1) is 15.8. The van der Waals surface area contributed by atoms with E-state index < -0.39 is 0 Å². The van der Waals surface area contributed by atoms with E-state index in [-0.39, 0.29) is 0 Å². The van der Waals surface area contributed by atoms with Crippen LogP contribution in [0.25, 0.3) is 0 Å². The van der Waals surface area contributed by atoms with Crippen molar-refractivity contribution in [2.75, 3.05) is 18.5 Å². The highest BCUT2D eigenvalue weighted by atomic mass is 35.5. The lowest BCUT2D eigenvalue weighted by atomic mass is 10.1. The molecule has 0 radical (unpaired) electrons. The van der Waals surface area contributed by atoms with Crippen molar-refractivity contribution in [2.24, 2.45) is 0 Å². The molecule has 0 fully saturated rings. The van der Waals surface area contributed by atoms with Crippen LogP contribution in [0, 0.1) is 0 Å². The quantitative estimate of drug-likeness (QED) is 0.787. The fraction of sp³-hybridized carbons (Fsp3) is 0.353. The topological polar surface area (TPSA) is 28.2 Å². The van der Waals surface area contributed by atoms with Gasteiger partial charge in [-0.1, -0.05) is 30.7 Å². The van der Waals surface area contributed by atoms with Crippen LogP contribution >= 0.6 is 11.6 Å². The van der Waals surface area contributed by atoms with E-state index in [1.165, 1.54) is 16.8 Å². The van der Waals surface area contributed by atoms with Gasteiger partial charge in [0.05, 0.1) is 0 Å². The van der Waals surface area contributed by atoms with E-state index in [0.717, 1.165) is 31.1 Å². The van der Waals surface area contributed by atoms with E-state index in [9.17, 15) is 0 Å². The standard InChI is InChI=1S/C17H22ClN3/c1-3-8-19-11-15-12-20-9-7-17(15)21(2)13-14-5-4-6-16(18)10-14/h4-7,9-10,12,19H,3,8,11,13H2,1-2H3. The molecule has 0 aliphatic heterocycles. The Hall–Kier alpha value is -1.58. The lowest BCUT2D eigenvalue weighted by Gasteiger charge is -2.22. The normalized spacial score (nSPS) is 10.6. The lowest BCUT2D eigenvalue weighted by Crippen LogP contribution is -2.21. The van der Waals surface area contributed by atoms with Crippen molar-refractivity contribution >= 4 is 17.3 Å². The van der Waals surface area contributed by atoms with Gasteiger partial charge in [0.25, 0.3) is 0 Å². The predicted octanol–water partition coefficient (Wildman–Crippen LogP) is 3.87. The summed E-state index contributed by atoms with van der Waals surface area (Å²) >= 11 is 6.05. The van der Waals surface area contributed by atoms with Gasteiger partial charge in [-0.2, -0.15) is 0 Å². The molecule has 1 aromatic heterocycles. The van der Waals surface area contributed by atoms with E-state index in [1.807, 2.05) is 30.6 Å². The van der Waals surface area contributed by atoms with Gasteiger partial charge in [0, 0.05) is 48.8 Å². The van der Waals surface area contributed by atoms with Gasteiger partial charge in [-0.05, 0) is 36.7 Å². The third-order valence-corrected chi connectivity index (χ3v) is 3.58. The lowest BCUT2D eigenvalue weighted by molar-refractivity contribution is 0.672. The van der Waals surface area contributed by atoms with Crippen LogP contribution in [0.4, 0.5) is 5.69 Å². The molecule has 0 amide bonds. The highest BCUT2D eigenvalue weighted by molar-refractivity contribution is 6.30. The second-order valence-corrected chi connectivity index (χ2v) is 5.60. The molecule has 3 nitrogen and oxygen atoms in total. The molecule has 21 heavy (non-hydrogen) atoms. The number of hydrogen-bond donors (Lipinski definition) is 1. The van der Waals surface area contributed by atoms with Crippen molar-refractivity contribution in [3.8, 4) is 0 Å². The average Bonchev–Trinajstić information content (AvgIpc) is 2.48. The number of nitrogens with one attached hydrogen (secondary N) is 1. The van der Waals surface area contributed by atoms with Gasteiger partial charge in [-0.3, -0.25) is 4.98 Å². The van der Waals surface area contributed by atoms with Gasteiger partial charge in [0.15, 0.2) is 0 Å². The molecular formula is C17H22ClN3. The molecule has 0 saturated heterocycles. The second-order valence-electron chi connectivity index (χ2n) is 5.17. The van der Waals surface area contributed by atoms with Crippen LogP contribution in [0.2, 0.25) is 5.02 Å². The summed E-state index contributed by atoms with van der Waals surface area (Å²) < 4.78 is 0. The highest BCUT2D eigenvalue weighted by Gasteiger charge is 2.08. The molecule has 0 aliphatic rings. The predicted molar refractivity (Wildman–Crippen MR) is 89.8 cm³/mol. The number of benzene rings is 1. The molecule has 112 valence electrons. The van der Waals surface area contributed by atoms with Crippen LogP contribution < -0.4 is 10.2 Å². The molecule has 0 bridgehead atoms. The number of pyridine rings is 1. The summed E-state index contributed by atoms with van der Waals surface area (Å²) in [5.74, 6) is 0. The minimum Gasteiger partial charge on any atom is -0.370 e. The molecule has 2 aromatic rings. The maximum Gasteiger partial charge on any atom is 0.0443 e. The number of rotatable bonds is 7. The van der Waals surface area contributed by atoms with Gasteiger partial charge < -0.3 is 10.2 Å². The maximum atomic E-state index is 6.05. The van der Waals surface area contributed by atoms with Gasteiger partial charge in [0.2, 0.25) is 0 Å². The zero-order chi connectivity index (χ0) is 15.1. The first-order chi connectivity index (χ1) is 10.2. The summed E-state index contributed by atoms with van der Waals surface area (Å²) in [7, 11) is 2.10. The summed E-state index contributed by atoms with van der Waals surface area (Å²) in [4.78, 5) is 6.47. The molecular weight excluding hydrogens is 282 g/mol. The Balaban J connectivity index is 2.09. The van der Waals surface area contributed by atoms with Crippen LogP contribution in [0.5, 0.6) is 0 Å². The van der Waals surface area contributed by atoms with Crippen molar-refractivity contribution in [3.63, 3.8) is 0 Å². The first-order valence-electron chi connectivity index (χ1n) is 7.30. The molecule has 0 spiro atoms. The Morgan fingerprint density at radius 3 is 2.90 bits per heavy atom. The van der Waals surface area contributed by atoms with E-state index in [2.05, 4.69) is 41.3 Å². The van der Waals surface area contributed by atoms with Crippen LogP contribution in [-0.4, -0.2) is 18.6 Å². The average molecular weight is 304 g/mol. The Morgan fingerprint density at radius 2 is 2.14 bits per heavy atom. The van der Waals surface area contributed by atoms with Crippen LogP contribution in [0.3, 0.4) is 0 Å². The van der Waals surface area contributed by atoms with Gasteiger partial charge >= 0.3 is 0 Å². The minimum atomic E-state index is 0.778. The van der Waals surface area contributed by atoms with Crippen molar-refractivity contribution in [1.82, 2.24) is 10.3 Å². The molecule has 1 heterocycles. The van der Waals surface area contributed by atoms with Gasteiger partial charge in [0.1, 0.15) is 0 Å². The number of aromatic nitrogens is 1. The Bertz CT molecular complexity index is 571. The Labute approximate surface area is 132 Å². The third-order valence-electron chi connectivity index (χ3n) is 3.34. The summed E-state index contributed by atoms with van der Waals surface area (Å²) in [6.07, 6.45) is 4.91. The summed E-state index contributed by atoms with van der Waals surface area (Å²) in [6, 6.07) is 10.1. The number of hydrogen-bond acceptors (Lipinski definition) is 3. The summed E-state index contributed by atoms with van der Waals surface area (Å²) in [6.45, 7) is 4.86. The smallest absolute Gasteiger partial charge is 0.0443 e. The maximum absolute atomic E-state index is 6.05. The van der Waals surface area contributed by atoms with Gasteiger partial charge in [-0.15, -0.1) is 0 Å². The molecule has 1 N–H and O–H groups in total. The van der Waals surface area contributed by atoms with Crippen molar-refractivity contribution in [1.29, 1.82) is 0 Å². The largest absolute Gasteiger partial charge is 0.370 e. The Kier molecular flexibility index (Phi) is 6.03. The zero-order valence-electron chi connectivity index (χ0n) is 12.6. The monoisotopic (exact) mass is 303 g/mol. The molecule has 0 aliphatic carbocycles. The van der Waals surface area contributed by atoms with Crippen LogP contribution in [0.1, 0.15) is 24.5 Å². The van der Waals surface area contributed by atoms with E-state index in [0.29, 0.717) is 0 Å². The number of nitrogens with zero attached hydrogens (tertiary/aromatic N) is 2. The first-order valence-corrected chi connectivity index (χ1v) is 7.67. The molecule has 4 heteroatoms. The van der Waals surface area contributed by atoms with Crippen molar-refractivity contribution in [3.05, 3.63) is 58.9 Å². The second kappa shape index (κ2) is 8.01. The van der Waals surface area contributed by atoms with Crippen LogP contribution in [-0.2, 0) is 13.1 Å². The summed E-state index contributed by atoms with van der Waals surface area (Å²) in [5, 5.41) is 4.21. The molecule has 0 unspecified atom stereocenters. The molecule has 0 saturated carbocycles. The third kappa shape index (κ3) is 4.73. The fourth-order valence-electron chi connectivity index (χ4n) is 2.32. The van der Waals surface area contributed by atoms with Gasteiger partial charge in [-0.25, -0.2) is 0 Å². The zero-order valence-corrected chi connectivity index (χ0v) is 13.4. The van der Waals surface area contributed by atoms with E-state index in [1.54, 1.807) is 0 Å².